The van der Waals surface area contributed by atoms with Crippen LogP contribution in [0.15, 0.2) is 48.5 Å². The van der Waals surface area contributed by atoms with Crippen LogP contribution >= 0.6 is 11.6 Å². The second-order valence-electron chi connectivity index (χ2n) is 14.1. The highest BCUT2D eigenvalue weighted by atomic mass is 35.5. The maximum absolute atomic E-state index is 13.6. The first-order valence-electron chi connectivity index (χ1n) is 16.7. The van der Waals surface area contributed by atoms with Crippen LogP contribution in [0.5, 0.6) is 11.5 Å². The summed E-state index contributed by atoms with van der Waals surface area (Å²) in [5, 5.41) is -0.0573. The molecule has 10 nitrogen and oxygen atoms in total. The summed E-state index contributed by atoms with van der Waals surface area (Å²) in [6.07, 6.45) is 5.44. The molecule has 0 bridgehead atoms. The number of methoxy groups -OCH3 is 2. The average molecular weight is 683 g/mol. The van der Waals surface area contributed by atoms with Crippen molar-refractivity contribution in [1.29, 1.82) is 0 Å². The van der Waals surface area contributed by atoms with Crippen LogP contribution in [0.25, 0.3) is 0 Å². The second kappa shape index (κ2) is 18.1. The molecule has 1 heterocycles. The molecule has 0 aliphatic carbocycles. The van der Waals surface area contributed by atoms with Crippen LogP contribution in [0, 0.1) is 5.92 Å². The average Bonchev–Trinajstić information content (AvgIpc) is 3.02. The summed E-state index contributed by atoms with van der Waals surface area (Å²) in [6, 6.07) is 16.4. The number of benzene rings is 2. The van der Waals surface area contributed by atoms with Crippen LogP contribution in [-0.2, 0) is 17.6 Å². The summed E-state index contributed by atoms with van der Waals surface area (Å²) in [7, 11) is 11.9. The topological polar surface area (TPSA) is 130 Å². The molecule has 0 fully saturated rings. The standard InChI is InChI=1S/C37H54ClN6O4/c1-43(2,3)21-9-12-30(45)24-29(25-33(46)34-36(39)42-37(40)35(38)41-34)26-44(4,22-7-10-27-13-17-31(47-5)18-14-27)23-8-11-28-15-19-32(48-6)20-16-28/h13-20,29H,7-12,21-26H2,1-6H3,(H3-,39,40,42,46)/q+1/p+1/t29-/m1/s1. The Morgan fingerprint density at radius 1 is 0.750 bits per heavy atom. The molecule has 0 radical (unpaired) electrons. The molecule has 48 heavy (non-hydrogen) atoms. The Hall–Kier alpha value is -3.73. The van der Waals surface area contributed by atoms with Crippen LogP contribution in [0.3, 0.4) is 0 Å². The van der Waals surface area contributed by atoms with Gasteiger partial charge in [0.15, 0.2) is 22.6 Å². The van der Waals surface area contributed by atoms with Gasteiger partial charge in [0.05, 0.1) is 68.6 Å². The van der Waals surface area contributed by atoms with Crippen molar-refractivity contribution in [3.05, 3.63) is 70.5 Å². The molecule has 3 aromatic rings. The number of hydrogen-bond acceptors (Lipinski definition) is 8. The smallest absolute Gasteiger partial charge is 0.185 e. The number of nitrogens with zero attached hydrogens (tertiary/aromatic N) is 4. The van der Waals surface area contributed by atoms with Crippen LogP contribution in [0.1, 0.15) is 60.1 Å². The van der Waals surface area contributed by atoms with Crippen molar-refractivity contribution >= 4 is 34.8 Å². The zero-order valence-electron chi connectivity index (χ0n) is 29.6. The number of aromatic nitrogens is 2. The number of rotatable bonds is 21. The number of ketones is 2. The maximum Gasteiger partial charge on any atom is 0.185 e. The molecule has 0 unspecified atom stereocenters. The minimum absolute atomic E-state index is 0.00453. The van der Waals surface area contributed by atoms with Gasteiger partial charge in [-0.2, -0.15) is 0 Å². The van der Waals surface area contributed by atoms with Gasteiger partial charge in [-0.15, -0.1) is 0 Å². The lowest BCUT2D eigenvalue weighted by Crippen LogP contribution is -2.49. The number of ether oxygens (including phenoxy) is 2. The second-order valence-corrected chi connectivity index (χ2v) is 14.5. The van der Waals surface area contributed by atoms with Gasteiger partial charge in [0.1, 0.15) is 23.0 Å². The SMILES string of the molecule is COc1ccc(CCC[N+](C)(CCCc2ccc(OC)cc2)C[C@H](CC(=O)CCC[N+](C)(C)C)CC(=O)c2nc(Cl)c(N)nc2N)cc1. The fraction of sp³-hybridized carbons (Fsp3) is 0.514. The molecule has 3 rings (SSSR count). The van der Waals surface area contributed by atoms with Gasteiger partial charge in [-0.3, -0.25) is 9.59 Å². The summed E-state index contributed by atoms with van der Waals surface area (Å²) in [4.78, 5) is 35.2. The minimum Gasteiger partial charge on any atom is -0.497 e. The number of Topliss-reactive ketones (excluding diaryl/α,β-unsaturated/α-hetero) is 2. The van der Waals surface area contributed by atoms with E-state index in [0.29, 0.717) is 19.4 Å². The quantitative estimate of drug-likeness (QED) is 0.109. The van der Waals surface area contributed by atoms with Gasteiger partial charge in [-0.05, 0) is 48.2 Å². The predicted molar refractivity (Wildman–Crippen MR) is 193 cm³/mol. The lowest BCUT2D eigenvalue weighted by Gasteiger charge is -2.38. The van der Waals surface area contributed by atoms with E-state index in [-0.39, 0.29) is 46.4 Å². The summed E-state index contributed by atoms with van der Waals surface area (Å²) < 4.78 is 12.2. The molecule has 0 aliphatic rings. The fourth-order valence-corrected chi connectivity index (χ4v) is 6.34. The van der Waals surface area contributed by atoms with Gasteiger partial charge < -0.3 is 29.9 Å². The van der Waals surface area contributed by atoms with E-state index in [1.807, 2.05) is 24.3 Å². The first-order valence-corrected chi connectivity index (χ1v) is 17.1. The number of nitrogen functional groups attached to an aromatic ring is 2. The Morgan fingerprint density at radius 2 is 1.27 bits per heavy atom. The molecule has 4 N–H and O–H groups in total. The number of anilines is 2. The van der Waals surface area contributed by atoms with Crippen molar-refractivity contribution in [3.63, 3.8) is 0 Å². The monoisotopic (exact) mass is 682 g/mol. The van der Waals surface area contributed by atoms with Crippen molar-refractivity contribution in [2.24, 2.45) is 5.92 Å². The van der Waals surface area contributed by atoms with E-state index >= 15 is 0 Å². The Kier molecular flexibility index (Phi) is 14.6. The molecule has 0 amide bonds. The van der Waals surface area contributed by atoms with E-state index in [0.717, 1.165) is 72.2 Å². The first-order chi connectivity index (χ1) is 22.7. The van der Waals surface area contributed by atoms with Crippen molar-refractivity contribution in [2.75, 3.05) is 80.1 Å². The van der Waals surface area contributed by atoms with Gasteiger partial charge in [0.2, 0.25) is 0 Å². The van der Waals surface area contributed by atoms with E-state index in [9.17, 15) is 9.59 Å². The van der Waals surface area contributed by atoms with Crippen LogP contribution in [-0.4, -0.2) is 99.1 Å². The fourth-order valence-electron chi connectivity index (χ4n) is 6.21. The molecule has 0 saturated carbocycles. The first kappa shape index (κ1) is 38.7. The van der Waals surface area contributed by atoms with Crippen LogP contribution in [0.4, 0.5) is 11.6 Å². The number of hydrogen-bond donors (Lipinski definition) is 2. The summed E-state index contributed by atoms with van der Waals surface area (Å²) >= 11 is 6.12. The normalized spacial score (nSPS) is 12.5. The lowest BCUT2D eigenvalue weighted by molar-refractivity contribution is -0.913. The predicted octanol–water partition coefficient (Wildman–Crippen LogP) is 5.66. The number of nitrogens with two attached hydrogens (primary N) is 2. The number of aryl methyl sites for hydroxylation is 2. The lowest BCUT2D eigenvalue weighted by atomic mass is 9.92. The maximum atomic E-state index is 13.6. The van der Waals surface area contributed by atoms with E-state index < -0.39 is 0 Å². The van der Waals surface area contributed by atoms with Gasteiger partial charge >= 0.3 is 0 Å². The number of halogens is 1. The molecule has 1 atom stereocenters. The number of carbonyl (C=O) groups excluding carboxylic acids is 2. The van der Waals surface area contributed by atoms with Crippen molar-refractivity contribution in [1.82, 2.24) is 9.97 Å². The third-order valence-corrected chi connectivity index (χ3v) is 9.07. The number of carbonyl (C=O) groups is 2. The van der Waals surface area contributed by atoms with Crippen LogP contribution < -0.4 is 20.9 Å². The molecule has 0 saturated heterocycles. The Labute approximate surface area is 291 Å². The third-order valence-electron chi connectivity index (χ3n) is 8.79. The highest BCUT2D eigenvalue weighted by Gasteiger charge is 2.31. The molecule has 1 aromatic heterocycles. The van der Waals surface area contributed by atoms with Crippen LogP contribution in [0.2, 0.25) is 5.15 Å². The molecule has 11 heteroatoms. The van der Waals surface area contributed by atoms with Crippen molar-refractivity contribution in [3.8, 4) is 11.5 Å². The Morgan fingerprint density at radius 3 is 1.75 bits per heavy atom. The highest BCUT2D eigenvalue weighted by molar-refractivity contribution is 6.31. The van der Waals surface area contributed by atoms with Gasteiger partial charge in [-0.25, -0.2) is 9.97 Å². The van der Waals surface area contributed by atoms with Crippen molar-refractivity contribution in [2.45, 2.75) is 51.4 Å². The minimum atomic E-state index is -0.283. The summed E-state index contributed by atoms with van der Waals surface area (Å²) in [5.74, 6) is 1.28. The van der Waals surface area contributed by atoms with E-state index in [4.69, 9.17) is 32.5 Å². The summed E-state index contributed by atoms with van der Waals surface area (Å²) in [6.45, 7) is 3.35. The Bertz CT molecular complexity index is 1420. The molecule has 0 aliphatic heterocycles. The molecular weight excluding hydrogens is 628 g/mol. The largest absolute Gasteiger partial charge is 0.497 e. The van der Waals surface area contributed by atoms with Gasteiger partial charge in [0.25, 0.3) is 0 Å². The third kappa shape index (κ3) is 13.1. The van der Waals surface area contributed by atoms with E-state index in [1.54, 1.807) is 14.2 Å². The van der Waals surface area contributed by atoms with E-state index in [1.165, 1.54) is 11.1 Å². The number of quaternary nitrogens is 2. The molecular formula is C37H55ClN6O4+2. The zero-order chi connectivity index (χ0) is 35.3. The van der Waals surface area contributed by atoms with E-state index in [2.05, 4.69) is 62.4 Å². The Balaban J connectivity index is 1.81. The molecule has 0 spiro atoms. The van der Waals surface area contributed by atoms with Gasteiger partial charge in [0, 0.05) is 44.4 Å². The summed E-state index contributed by atoms with van der Waals surface area (Å²) in [5.41, 5.74) is 14.3. The van der Waals surface area contributed by atoms with Crippen molar-refractivity contribution < 1.29 is 28.0 Å². The zero-order valence-corrected chi connectivity index (χ0v) is 30.4. The van der Waals surface area contributed by atoms with Gasteiger partial charge in [-0.1, -0.05) is 35.9 Å². The molecule has 2 aromatic carbocycles. The molecule has 262 valence electrons. The highest BCUT2D eigenvalue weighted by Crippen LogP contribution is 2.25.